The second-order valence-electron chi connectivity index (χ2n) is 3.32. The van der Waals surface area contributed by atoms with Gasteiger partial charge in [0, 0.05) is 16.8 Å². The molecule has 0 saturated heterocycles. The van der Waals surface area contributed by atoms with E-state index in [-0.39, 0.29) is 16.9 Å². The number of benzene rings is 1. The Morgan fingerprint density at radius 3 is 3.00 bits per heavy atom. The van der Waals surface area contributed by atoms with Crippen LogP contribution in [0, 0.1) is 0 Å². The highest BCUT2D eigenvalue weighted by Gasteiger charge is 2.12. The van der Waals surface area contributed by atoms with Gasteiger partial charge in [0.2, 0.25) is 5.75 Å². The molecule has 2 heterocycles. The maximum Gasteiger partial charge on any atom is 0.336 e. The van der Waals surface area contributed by atoms with Crippen molar-refractivity contribution in [1.29, 1.82) is 0 Å². The van der Waals surface area contributed by atoms with Crippen molar-refractivity contribution in [3.63, 3.8) is 0 Å². The molecule has 0 aliphatic rings. The number of rotatable bonds is 1. The van der Waals surface area contributed by atoms with Crippen molar-refractivity contribution in [3.05, 3.63) is 40.9 Å². The summed E-state index contributed by atoms with van der Waals surface area (Å²) in [5, 5.41) is 1.23. The summed E-state index contributed by atoms with van der Waals surface area (Å²) < 4.78 is 36.7. The average Bonchev–Trinajstić information content (AvgIpc) is 2.76. The molecule has 0 unspecified atom stereocenters. The van der Waals surface area contributed by atoms with Crippen LogP contribution in [0.25, 0.3) is 21.9 Å². The lowest BCUT2D eigenvalue weighted by molar-refractivity contribution is 0.403. The van der Waals surface area contributed by atoms with Crippen LogP contribution in [0.15, 0.2) is 44.2 Å². The summed E-state index contributed by atoms with van der Waals surface area (Å²) in [6.45, 7) is 0. The molecule has 80 valence electrons. The SMILES string of the molecule is [2H][13C]([2H])([2H])Oc1c2occc2cc2ccc(=O)oc12. The van der Waals surface area contributed by atoms with Gasteiger partial charge in [0.25, 0.3) is 0 Å². The van der Waals surface area contributed by atoms with E-state index in [1.165, 1.54) is 12.3 Å². The van der Waals surface area contributed by atoms with Crippen LogP contribution in [-0.2, 0) is 0 Å². The van der Waals surface area contributed by atoms with Gasteiger partial charge in [-0.2, -0.15) is 0 Å². The minimum absolute atomic E-state index is 0.0612. The van der Waals surface area contributed by atoms with Gasteiger partial charge in [-0.25, -0.2) is 4.79 Å². The van der Waals surface area contributed by atoms with Crippen molar-refractivity contribution in [3.8, 4) is 5.75 Å². The molecule has 3 rings (SSSR count). The first kappa shape index (κ1) is 6.37. The van der Waals surface area contributed by atoms with E-state index in [4.69, 9.17) is 17.7 Å². The van der Waals surface area contributed by atoms with Gasteiger partial charge in [0.1, 0.15) is 0 Å². The maximum atomic E-state index is 11.3. The first-order chi connectivity index (χ1) is 8.94. The van der Waals surface area contributed by atoms with E-state index >= 15 is 0 Å². The number of hydrogen-bond donors (Lipinski definition) is 0. The van der Waals surface area contributed by atoms with Crippen LogP contribution in [0.3, 0.4) is 0 Å². The van der Waals surface area contributed by atoms with Crippen molar-refractivity contribution >= 4 is 21.9 Å². The van der Waals surface area contributed by atoms with Crippen LogP contribution in [0.4, 0.5) is 0 Å². The van der Waals surface area contributed by atoms with Crippen LogP contribution in [-0.4, -0.2) is 7.04 Å². The Morgan fingerprint density at radius 1 is 1.25 bits per heavy atom. The van der Waals surface area contributed by atoms with Crippen LogP contribution in [0.1, 0.15) is 4.11 Å². The zero-order valence-electron chi connectivity index (χ0n) is 11.0. The molecule has 0 fully saturated rings. The molecule has 4 nitrogen and oxygen atoms in total. The average molecular weight is 220 g/mol. The smallest absolute Gasteiger partial charge is 0.336 e. The third kappa shape index (κ3) is 1.13. The summed E-state index contributed by atoms with van der Waals surface area (Å²) >= 11 is 0. The summed E-state index contributed by atoms with van der Waals surface area (Å²) in [4.78, 5) is 11.3. The fraction of sp³-hybridized carbons (Fsp3) is 0.0833. The van der Waals surface area contributed by atoms with Crippen LogP contribution in [0.5, 0.6) is 5.75 Å². The van der Waals surface area contributed by atoms with Gasteiger partial charge in [-0.3, -0.25) is 0 Å². The molecule has 4 heteroatoms. The highest BCUT2D eigenvalue weighted by molar-refractivity contribution is 5.99. The summed E-state index contributed by atoms with van der Waals surface area (Å²) in [6, 6.07) is 6.20. The summed E-state index contributed by atoms with van der Waals surface area (Å²) in [7, 11) is -2.66. The molecule has 0 radical (unpaired) electrons. The number of furan rings is 1. The largest absolute Gasteiger partial charge is 0.490 e. The Hall–Kier alpha value is -2.23. The Morgan fingerprint density at radius 2 is 2.12 bits per heavy atom. The van der Waals surface area contributed by atoms with Gasteiger partial charge in [-0.15, -0.1) is 0 Å². The van der Waals surface area contributed by atoms with Gasteiger partial charge < -0.3 is 13.6 Å². The molecule has 3 aromatic rings. The molecular formula is C12H8O4. The van der Waals surface area contributed by atoms with E-state index in [9.17, 15) is 4.79 Å². The summed E-state index contributed by atoms with van der Waals surface area (Å²) in [5.41, 5.74) is -0.294. The number of methoxy groups -OCH3 is 1. The zero-order chi connectivity index (χ0) is 13.6. The lowest BCUT2D eigenvalue weighted by Gasteiger charge is -2.03. The Balaban J connectivity index is 2.42. The predicted octanol–water partition coefficient (Wildman–Crippen LogP) is 2.55. The molecule has 1 aromatic carbocycles. The molecule has 0 amide bonds. The maximum absolute atomic E-state index is 11.3. The number of ether oxygens (including phenoxy) is 1. The molecule has 0 aliphatic carbocycles. The van der Waals surface area contributed by atoms with Crippen molar-refractivity contribution in [2.24, 2.45) is 0 Å². The van der Waals surface area contributed by atoms with E-state index in [1.807, 2.05) is 0 Å². The molecule has 16 heavy (non-hydrogen) atoms. The van der Waals surface area contributed by atoms with Crippen molar-refractivity contribution in [2.45, 2.75) is 0 Å². The fourth-order valence-corrected chi connectivity index (χ4v) is 1.70. The summed E-state index contributed by atoms with van der Waals surface area (Å²) in [6.07, 6.45) is 1.41. The third-order valence-electron chi connectivity index (χ3n) is 2.39. The van der Waals surface area contributed by atoms with Gasteiger partial charge in [-0.05, 0) is 18.2 Å². The lowest BCUT2D eigenvalue weighted by Crippen LogP contribution is -1.96. The van der Waals surface area contributed by atoms with E-state index in [2.05, 4.69) is 0 Å². The fourth-order valence-electron chi connectivity index (χ4n) is 1.70. The van der Waals surface area contributed by atoms with Crippen molar-refractivity contribution in [1.82, 2.24) is 0 Å². The van der Waals surface area contributed by atoms with E-state index in [1.54, 1.807) is 18.2 Å². The van der Waals surface area contributed by atoms with E-state index < -0.39 is 12.7 Å². The lowest BCUT2D eigenvalue weighted by atomic mass is 10.1. The van der Waals surface area contributed by atoms with Crippen molar-refractivity contribution in [2.75, 3.05) is 7.04 Å². The second kappa shape index (κ2) is 3.13. The predicted molar refractivity (Wildman–Crippen MR) is 58.8 cm³/mol. The van der Waals surface area contributed by atoms with Crippen molar-refractivity contribution < 1.29 is 17.7 Å². The molecule has 0 aliphatic heterocycles. The zero-order valence-corrected chi connectivity index (χ0v) is 8.02. The quantitative estimate of drug-likeness (QED) is 0.467. The second-order valence-corrected chi connectivity index (χ2v) is 3.32. The van der Waals surface area contributed by atoms with Gasteiger partial charge >= 0.3 is 5.63 Å². The highest BCUT2D eigenvalue weighted by Crippen LogP contribution is 2.34. The molecule has 2 aromatic heterocycles. The topological polar surface area (TPSA) is 52.6 Å². The van der Waals surface area contributed by atoms with Gasteiger partial charge in [0.05, 0.1) is 17.4 Å². The van der Waals surface area contributed by atoms with E-state index in [0.29, 0.717) is 10.8 Å². The molecular weight excluding hydrogens is 209 g/mol. The Kier molecular flexibility index (Phi) is 1.25. The van der Waals surface area contributed by atoms with E-state index in [0.717, 1.165) is 0 Å². The summed E-state index contributed by atoms with van der Waals surface area (Å²) in [5.74, 6) is -0.0878. The third-order valence-corrected chi connectivity index (χ3v) is 2.39. The standard InChI is InChI=1S/C12H8O4/c1-14-12-10-8(4-5-15-10)6-7-2-3-9(13)16-11(7)12/h2-6H,1H3/i1+1D3. The monoisotopic (exact) mass is 220 g/mol. The molecule has 0 saturated carbocycles. The molecule has 0 atom stereocenters. The number of fused-ring (bicyclic) bond motifs is 2. The highest BCUT2D eigenvalue weighted by atomic mass is 16.5. The minimum atomic E-state index is -2.66. The van der Waals surface area contributed by atoms with Gasteiger partial charge in [0.15, 0.2) is 11.2 Å². The van der Waals surface area contributed by atoms with Crippen LogP contribution >= 0.6 is 0 Å². The normalized spacial score (nSPS) is 14.6. The molecule has 0 spiro atoms. The van der Waals surface area contributed by atoms with Crippen LogP contribution in [0.2, 0.25) is 0 Å². The molecule has 0 bridgehead atoms. The first-order valence-corrected chi connectivity index (χ1v) is 4.57. The molecule has 0 N–H and O–H groups in total. The first-order valence-electron chi connectivity index (χ1n) is 6.07. The van der Waals surface area contributed by atoms with Gasteiger partial charge in [-0.1, -0.05) is 0 Å². The number of hydrogen-bond acceptors (Lipinski definition) is 4. The Labute approximate surface area is 94.2 Å². The van der Waals surface area contributed by atoms with Crippen LogP contribution < -0.4 is 10.4 Å². The minimum Gasteiger partial charge on any atom is -0.490 e. The Bertz CT molecular complexity index is 813.